The first kappa shape index (κ1) is 22.3. The van der Waals surface area contributed by atoms with Gasteiger partial charge in [-0.15, -0.1) is 0 Å². The van der Waals surface area contributed by atoms with Crippen molar-refractivity contribution in [3.8, 4) is 34.2 Å². The summed E-state index contributed by atoms with van der Waals surface area (Å²) in [6, 6.07) is 30.1. The quantitative estimate of drug-likeness (QED) is 0.233. The van der Waals surface area contributed by atoms with E-state index in [2.05, 4.69) is 44.2 Å². The standard InChI is InChI=1S/C33H19N7/c1-2-6-22(7-3-1)31-38-32(25-14-18-36-29-23(25)12-10-20-8-4-16-34-27(20)29)40-33(39-31)26-15-19-37-30-24(26)13-11-21-9-5-17-35-28(21)30/h1-19H. The van der Waals surface area contributed by atoms with E-state index in [1.54, 1.807) is 24.8 Å². The third-order valence-electron chi connectivity index (χ3n) is 7.12. The summed E-state index contributed by atoms with van der Waals surface area (Å²) >= 11 is 0. The molecule has 0 unspecified atom stereocenters. The molecule has 0 bridgehead atoms. The molecule has 7 nitrogen and oxygen atoms in total. The minimum atomic E-state index is 0.565. The van der Waals surface area contributed by atoms with Crippen molar-refractivity contribution in [2.24, 2.45) is 0 Å². The van der Waals surface area contributed by atoms with Crippen LogP contribution in [0.2, 0.25) is 0 Å². The number of fused-ring (bicyclic) bond motifs is 6. The van der Waals surface area contributed by atoms with Gasteiger partial charge in [0.25, 0.3) is 0 Å². The third kappa shape index (κ3) is 3.56. The van der Waals surface area contributed by atoms with Crippen molar-refractivity contribution in [2.75, 3.05) is 0 Å². The first-order valence-corrected chi connectivity index (χ1v) is 12.9. The Balaban J connectivity index is 1.42. The second kappa shape index (κ2) is 8.96. The largest absolute Gasteiger partial charge is 0.254 e. The zero-order valence-corrected chi connectivity index (χ0v) is 21.1. The van der Waals surface area contributed by atoms with Gasteiger partial charge in [0.1, 0.15) is 0 Å². The monoisotopic (exact) mass is 513 g/mol. The van der Waals surface area contributed by atoms with Gasteiger partial charge < -0.3 is 0 Å². The van der Waals surface area contributed by atoms with E-state index in [9.17, 15) is 0 Å². The maximum atomic E-state index is 5.04. The Bertz CT molecular complexity index is 2090. The average Bonchev–Trinajstić information content (AvgIpc) is 3.04. The molecule has 8 aromatic rings. The summed E-state index contributed by atoms with van der Waals surface area (Å²) in [5.74, 6) is 1.72. The highest BCUT2D eigenvalue weighted by Gasteiger charge is 2.17. The van der Waals surface area contributed by atoms with E-state index in [0.29, 0.717) is 17.5 Å². The Morgan fingerprint density at radius 1 is 0.350 bits per heavy atom. The van der Waals surface area contributed by atoms with Crippen LogP contribution in [0.3, 0.4) is 0 Å². The Morgan fingerprint density at radius 3 is 1.40 bits per heavy atom. The van der Waals surface area contributed by atoms with Crippen molar-refractivity contribution < 1.29 is 0 Å². The molecule has 3 aromatic carbocycles. The topological polar surface area (TPSA) is 90.2 Å². The predicted molar refractivity (Wildman–Crippen MR) is 157 cm³/mol. The van der Waals surface area contributed by atoms with Crippen LogP contribution < -0.4 is 0 Å². The van der Waals surface area contributed by atoms with E-state index in [1.165, 1.54) is 0 Å². The second-order valence-electron chi connectivity index (χ2n) is 9.46. The summed E-state index contributed by atoms with van der Waals surface area (Å²) in [5.41, 5.74) is 5.95. The zero-order valence-electron chi connectivity index (χ0n) is 21.1. The van der Waals surface area contributed by atoms with E-state index >= 15 is 0 Å². The lowest BCUT2D eigenvalue weighted by molar-refractivity contribution is 1.08. The van der Waals surface area contributed by atoms with Crippen molar-refractivity contribution in [3.63, 3.8) is 0 Å². The lowest BCUT2D eigenvalue weighted by Gasteiger charge is -2.12. The van der Waals surface area contributed by atoms with E-state index in [-0.39, 0.29) is 0 Å². The van der Waals surface area contributed by atoms with Crippen LogP contribution in [0.15, 0.2) is 116 Å². The number of rotatable bonds is 3. The molecular formula is C33H19N7. The van der Waals surface area contributed by atoms with Crippen LogP contribution in [0.4, 0.5) is 0 Å². The molecule has 0 spiro atoms. The molecule has 0 amide bonds. The first-order chi connectivity index (χ1) is 19.8. The Labute approximate surface area is 228 Å². The number of nitrogens with zero attached hydrogens (tertiary/aromatic N) is 7. The smallest absolute Gasteiger partial charge is 0.164 e. The third-order valence-corrected chi connectivity index (χ3v) is 7.12. The van der Waals surface area contributed by atoms with Crippen molar-refractivity contribution in [3.05, 3.63) is 116 Å². The summed E-state index contributed by atoms with van der Waals surface area (Å²) in [6.07, 6.45) is 7.16. The molecule has 0 saturated heterocycles. The van der Waals surface area contributed by atoms with Gasteiger partial charge in [-0.25, -0.2) is 15.0 Å². The van der Waals surface area contributed by atoms with Crippen molar-refractivity contribution in [2.45, 2.75) is 0 Å². The lowest BCUT2D eigenvalue weighted by atomic mass is 10.0. The maximum absolute atomic E-state index is 5.04. The zero-order chi connectivity index (χ0) is 26.5. The van der Waals surface area contributed by atoms with Gasteiger partial charge in [0, 0.05) is 63.0 Å². The fourth-order valence-electron chi connectivity index (χ4n) is 5.23. The van der Waals surface area contributed by atoms with Crippen molar-refractivity contribution in [1.82, 2.24) is 34.9 Å². The molecule has 0 aliphatic heterocycles. The highest BCUT2D eigenvalue weighted by Crippen LogP contribution is 2.34. The summed E-state index contributed by atoms with van der Waals surface area (Å²) in [7, 11) is 0. The fraction of sp³-hybridized carbons (Fsp3) is 0. The van der Waals surface area contributed by atoms with E-state index in [0.717, 1.165) is 60.3 Å². The van der Waals surface area contributed by atoms with Crippen molar-refractivity contribution in [1.29, 1.82) is 0 Å². The average molecular weight is 514 g/mol. The molecule has 8 rings (SSSR count). The lowest BCUT2D eigenvalue weighted by Crippen LogP contribution is -2.01. The number of hydrogen-bond acceptors (Lipinski definition) is 7. The minimum Gasteiger partial charge on any atom is -0.254 e. The number of aromatic nitrogens is 7. The molecule has 0 fully saturated rings. The van der Waals surface area contributed by atoms with Gasteiger partial charge in [-0.2, -0.15) is 0 Å². The molecule has 0 saturated carbocycles. The Morgan fingerprint density at radius 2 is 0.850 bits per heavy atom. The van der Waals surface area contributed by atoms with Crippen LogP contribution in [0, 0.1) is 0 Å². The van der Waals surface area contributed by atoms with Crippen LogP contribution in [-0.4, -0.2) is 34.9 Å². The molecule has 0 aliphatic rings. The molecule has 40 heavy (non-hydrogen) atoms. The summed E-state index contributed by atoms with van der Waals surface area (Å²) in [4.78, 5) is 33.5. The highest BCUT2D eigenvalue weighted by molar-refractivity contribution is 6.09. The maximum Gasteiger partial charge on any atom is 0.164 e. The second-order valence-corrected chi connectivity index (χ2v) is 9.46. The molecule has 0 N–H and O–H groups in total. The molecule has 0 atom stereocenters. The van der Waals surface area contributed by atoms with Crippen LogP contribution in [-0.2, 0) is 0 Å². The van der Waals surface area contributed by atoms with E-state index in [4.69, 9.17) is 15.0 Å². The van der Waals surface area contributed by atoms with E-state index in [1.807, 2.05) is 66.7 Å². The van der Waals surface area contributed by atoms with Crippen LogP contribution in [0.5, 0.6) is 0 Å². The Hall–Kier alpha value is -5.69. The number of benzene rings is 3. The summed E-state index contributed by atoms with van der Waals surface area (Å²) in [6.45, 7) is 0. The first-order valence-electron chi connectivity index (χ1n) is 12.9. The minimum absolute atomic E-state index is 0.565. The molecule has 5 aromatic heterocycles. The van der Waals surface area contributed by atoms with Gasteiger partial charge in [-0.3, -0.25) is 19.9 Å². The fourth-order valence-corrected chi connectivity index (χ4v) is 5.23. The van der Waals surface area contributed by atoms with Crippen LogP contribution in [0.25, 0.3) is 77.8 Å². The SMILES string of the molecule is c1ccc(-c2nc(-c3ccnc4c3ccc3cccnc34)nc(-c3ccnc4c3ccc3cccnc34)n2)cc1. The van der Waals surface area contributed by atoms with Gasteiger partial charge >= 0.3 is 0 Å². The van der Waals surface area contributed by atoms with E-state index < -0.39 is 0 Å². The van der Waals surface area contributed by atoms with Gasteiger partial charge in [0.05, 0.1) is 22.1 Å². The Kier molecular flexibility index (Phi) is 4.99. The van der Waals surface area contributed by atoms with Gasteiger partial charge in [0.2, 0.25) is 0 Å². The highest BCUT2D eigenvalue weighted by atomic mass is 15.0. The summed E-state index contributed by atoms with van der Waals surface area (Å²) in [5, 5.41) is 3.93. The summed E-state index contributed by atoms with van der Waals surface area (Å²) < 4.78 is 0. The molecular weight excluding hydrogens is 494 g/mol. The molecule has 5 heterocycles. The van der Waals surface area contributed by atoms with Crippen LogP contribution >= 0.6 is 0 Å². The predicted octanol–water partition coefficient (Wildman–Crippen LogP) is 7.07. The number of pyridine rings is 4. The van der Waals surface area contributed by atoms with Gasteiger partial charge in [-0.05, 0) is 24.3 Å². The van der Waals surface area contributed by atoms with Crippen molar-refractivity contribution >= 4 is 43.6 Å². The molecule has 0 radical (unpaired) electrons. The normalized spacial score (nSPS) is 11.5. The van der Waals surface area contributed by atoms with Gasteiger partial charge in [0.15, 0.2) is 17.5 Å². The molecule has 186 valence electrons. The molecule has 7 heteroatoms. The number of hydrogen-bond donors (Lipinski definition) is 0. The molecule has 0 aliphatic carbocycles. The van der Waals surface area contributed by atoms with Gasteiger partial charge in [-0.1, -0.05) is 66.7 Å². The van der Waals surface area contributed by atoms with Crippen LogP contribution in [0.1, 0.15) is 0 Å².